The van der Waals surface area contributed by atoms with E-state index in [4.69, 9.17) is 23.2 Å². The first-order chi connectivity index (χ1) is 8.31. The van der Waals surface area contributed by atoms with Gasteiger partial charge in [0.05, 0.1) is 22.7 Å². The average Bonchev–Trinajstić information content (AvgIpc) is 2.25. The van der Waals surface area contributed by atoms with Crippen molar-refractivity contribution in [3.05, 3.63) is 23.2 Å². The Hall–Kier alpha value is -0.850. The summed E-state index contributed by atoms with van der Waals surface area (Å²) in [6, 6.07) is 3.48. The molecular weight excluding hydrogens is 294 g/mol. The van der Waals surface area contributed by atoms with Crippen molar-refractivity contribution in [3.8, 4) is 5.75 Å². The summed E-state index contributed by atoms with van der Waals surface area (Å²) in [5, 5.41) is 12.0. The van der Waals surface area contributed by atoms with Crippen LogP contribution in [0.15, 0.2) is 18.2 Å². The van der Waals surface area contributed by atoms with Gasteiger partial charge in [0.1, 0.15) is 5.75 Å². The minimum absolute atomic E-state index is 0.0416. The monoisotopic (exact) mass is 303 g/mol. The van der Waals surface area contributed by atoms with Crippen LogP contribution in [0.25, 0.3) is 0 Å². The molecule has 1 aromatic rings. The van der Waals surface area contributed by atoms with E-state index in [1.165, 1.54) is 6.07 Å². The fourth-order valence-corrected chi connectivity index (χ4v) is 1.47. The van der Waals surface area contributed by atoms with Crippen LogP contribution < -0.4 is 10.1 Å². The van der Waals surface area contributed by atoms with Crippen LogP contribution in [-0.4, -0.2) is 30.0 Å². The maximum Gasteiger partial charge on any atom is 0.573 e. The van der Waals surface area contributed by atoms with Crippen LogP contribution in [0.5, 0.6) is 5.75 Å². The summed E-state index contributed by atoms with van der Waals surface area (Å²) in [5.41, 5.74) is 0.385. The number of benzene rings is 1. The largest absolute Gasteiger partial charge is 0.573 e. The number of rotatable bonds is 5. The molecule has 0 saturated carbocycles. The van der Waals surface area contributed by atoms with Crippen LogP contribution >= 0.6 is 23.2 Å². The molecule has 0 saturated heterocycles. The van der Waals surface area contributed by atoms with Crippen molar-refractivity contribution in [2.45, 2.75) is 12.5 Å². The van der Waals surface area contributed by atoms with Gasteiger partial charge in [-0.3, -0.25) is 0 Å². The van der Waals surface area contributed by atoms with Crippen molar-refractivity contribution in [3.63, 3.8) is 0 Å². The van der Waals surface area contributed by atoms with Crippen molar-refractivity contribution >= 4 is 28.9 Å². The molecule has 0 heterocycles. The van der Waals surface area contributed by atoms with Crippen LogP contribution in [0.1, 0.15) is 0 Å². The summed E-state index contributed by atoms with van der Waals surface area (Å²) in [6.07, 6.45) is -5.53. The highest BCUT2D eigenvalue weighted by Gasteiger charge is 2.31. The third kappa shape index (κ3) is 5.20. The molecule has 0 radical (unpaired) electrons. The molecule has 8 heteroatoms. The van der Waals surface area contributed by atoms with Crippen molar-refractivity contribution in [1.29, 1.82) is 0 Å². The molecule has 1 atom stereocenters. The lowest BCUT2D eigenvalue weighted by Gasteiger charge is -2.13. The summed E-state index contributed by atoms with van der Waals surface area (Å²) in [4.78, 5) is 0. The predicted octanol–water partition coefficient (Wildman–Crippen LogP) is 3.25. The van der Waals surface area contributed by atoms with Gasteiger partial charge < -0.3 is 15.2 Å². The van der Waals surface area contributed by atoms with Crippen LogP contribution in [-0.2, 0) is 0 Å². The number of aliphatic hydroxyl groups excluding tert-OH is 1. The van der Waals surface area contributed by atoms with Gasteiger partial charge in [-0.15, -0.1) is 24.8 Å². The van der Waals surface area contributed by atoms with Crippen LogP contribution in [0.2, 0.25) is 5.02 Å². The first-order valence-electron chi connectivity index (χ1n) is 4.85. The Labute approximate surface area is 111 Å². The smallest absolute Gasteiger partial charge is 0.406 e. The quantitative estimate of drug-likeness (QED) is 0.821. The van der Waals surface area contributed by atoms with Crippen molar-refractivity contribution < 1.29 is 23.0 Å². The fraction of sp³-hybridized carbons (Fsp3) is 0.400. The Kier molecular flexibility index (Phi) is 5.37. The normalized spacial score (nSPS) is 13.2. The van der Waals surface area contributed by atoms with Crippen molar-refractivity contribution in [2.75, 3.05) is 17.7 Å². The standard InChI is InChI=1S/C10H10Cl2F3NO2/c11-4-6(17)5-16-9-2-1-7(3-8(9)12)18-10(13,14)15/h1-3,6,16-17H,4-5H2. The first-order valence-corrected chi connectivity index (χ1v) is 5.76. The van der Waals surface area contributed by atoms with E-state index in [9.17, 15) is 18.3 Å². The SMILES string of the molecule is OC(CCl)CNc1ccc(OC(F)(F)F)cc1Cl. The minimum atomic E-state index is -4.76. The predicted molar refractivity (Wildman–Crippen MR) is 63.4 cm³/mol. The lowest BCUT2D eigenvalue weighted by Crippen LogP contribution is -2.21. The van der Waals surface area contributed by atoms with Crippen LogP contribution in [0.3, 0.4) is 0 Å². The number of ether oxygens (including phenoxy) is 1. The molecule has 1 unspecified atom stereocenters. The third-order valence-corrected chi connectivity index (χ3v) is 2.55. The summed E-state index contributed by atoms with van der Waals surface area (Å²) in [5.74, 6) is -0.365. The summed E-state index contributed by atoms with van der Waals surface area (Å²) in [6.45, 7) is 0.142. The van der Waals surface area contributed by atoms with E-state index in [1.807, 2.05) is 0 Å². The van der Waals surface area contributed by atoms with Gasteiger partial charge in [-0.2, -0.15) is 0 Å². The molecule has 0 fully saturated rings. The number of aliphatic hydroxyl groups is 1. The van der Waals surface area contributed by atoms with Gasteiger partial charge >= 0.3 is 6.36 Å². The second kappa shape index (κ2) is 6.36. The van der Waals surface area contributed by atoms with E-state index in [0.29, 0.717) is 5.69 Å². The van der Waals surface area contributed by atoms with E-state index >= 15 is 0 Å². The van der Waals surface area contributed by atoms with Crippen LogP contribution in [0, 0.1) is 0 Å². The number of halogens is 5. The Morgan fingerprint density at radius 1 is 1.39 bits per heavy atom. The zero-order chi connectivity index (χ0) is 13.8. The van der Waals surface area contributed by atoms with Gasteiger partial charge in [-0.1, -0.05) is 11.6 Å². The lowest BCUT2D eigenvalue weighted by atomic mass is 10.3. The zero-order valence-electron chi connectivity index (χ0n) is 8.97. The molecule has 1 aromatic carbocycles. The van der Waals surface area contributed by atoms with Crippen LogP contribution in [0.4, 0.5) is 18.9 Å². The summed E-state index contributed by atoms with van der Waals surface area (Å²) >= 11 is 11.1. The van der Waals surface area contributed by atoms with Gasteiger partial charge in [-0.05, 0) is 12.1 Å². The van der Waals surface area contributed by atoms with E-state index < -0.39 is 18.2 Å². The number of nitrogens with one attached hydrogen (secondary N) is 1. The van der Waals surface area contributed by atoms with Gasteiger partial charge in [-0.25, -0.2) is 0 Å². The maximum atomic E-state index is 11.9. The molecule has 0 bridgehead atoms. The van der Waals surface area contributed by atoms with E-state index in [1.54, 1.807) is 0 Å². The average molecular weight is 304 g/mol. The van der Waals surface area contributed by atoms with Gasteiger partial charge in [0.15, 0.2) is 0 Å². The lowest BCUT2D eigenvalue weighted by molar-refractivity contribution is -0.274. The molecule has 2 N–H and O–H groups in total. The van der Waals surface area contributed by atoms with E-state index in [-0.39, 0.29) is 17.4 Å². The first kappa shape index (κ1) is 15.2. The number of anilines is 1. The zero-order valence-corrected chi connectivity index (χ0v) is 10.5. The number of hydrogen-bond donors (Lipinski definition) is 2. The fourth-order valence-electron chi connectivity index (χ4n) is 1.12. The molecule has 0 aromatic heterocycles. The molecular formula is C10H10Cl2F3NO2. The Morgan fingerprint density at radius 3 is 2.56 bits per heavy atom. The highest BCUT2D eigenvalue weighted by molar-refractivity contribution is 6.33. The number of hydrogen-bond acceptors (Lipinski definition) is 3. The van der Waals surface area contributed by atoms with E-state index in [2.05, 4.69) is 10.1 Å². The molecule has 102 valence electrons. The Balaban J connectivity index is 2.68. The van der Waals surface area contributed by atoms with Gasteiger partial charge in [0.25, 0.3) is 0 Å². The maximum absolute atomic E-state index is 11.9. The highest BCUT2D eigenvalue weighted by Crippen LogP contribution is 2.30. The van der Waals surface area contributed by atoms with E-state index in [0.717, 1.165) is 12.1 Å². The molecule has 0 spiro atoms. The minimum Gasteiger partial charge on any atom is -0.406 e. The molecule has 18 heavy (non-hydrogen) atoms. The summed E-state index contributed by atoms with van der Waals surface area (Å²) in [7, 11) is 0. The molecule has 0 aliphatic rings. The molecule has 0 aliphatic carbocycles. The number of alkyl halides is 4. The Morgan fingerprint density at radius 2 is 2.06 bits per heavy atom. The van der Waals surface area contributed by atoms with Crippen molar-refractivity contribution in [2.24, 2.45) is 0 Å². The van der Waals surface area contributed by atoms with Crippen molar-refractivity contribution in [1.82, 2.24) is 0 Å². The highest BCUT2D eigenvalue weighted by atomic mass is 35.5. The van der Waals surface area contributed by atoms with Gasteiger partial charge in [0, 0.05) is 12.6 Å². The third-order valence-electron chi connectivity index (χ3n) is 1.88. The molecule has 0 aliphatic heterocycles. The second-order valence-corrected chi connectivity index (χ2v) is 4.09. The second-order valence-electron chi connectivity index (χ2n) is 3.38. The molecule has 3 nitrogen and oxygen atoms in total. The van der Waals surface area contributed by atoms with Gasteiger partial charge in [0.2, 0.25) is 0 Å². The summed E-state index contributed by atoms with van der Waals surface area (Å²) < 4.78 is 39.5. The molecule has 0 amide bonds. The Bertz CT molecular complexity index is 401. The molecule has 1 rings (SSSR count). The topological polar surface area (TPSA) is 41.5 Å².